The van der Waals surface area contributed by atoms with Crippen LogP contribution < -0.4 is 21.5 Å². The number of carbonyl (C=O) groups is 1. The molecule has 0 bridgehead atoms. The molecule has 0 amide bonds. The number of hydrogen-bond acceptors (Lipinski definition) is 5. The molecule has 1 aromatic rings. The summed E-state index contributed by atoms with van der Waals surface area (Å²) < 4.78 is 27.8. The van der Waals surface area contributed by atoms with Crippen molar-refractivity contribution in [3.05, 3.63) is 23.8 Å². The lowest BCUT2D eigenvalue weighted by Gasteiger charge is -2.26. The van der Waals surface area contributed by atoms with Crippen LogP contribution in [0.3, 0.4) is 0 Å². The van der Waals surface area contributed by atoms with Crippen molar-refractivity contribution < 1.29 is 18.3 Å². The molecule has 1 aliphatic rings. The minimum atomic E-state index is -4.00. The Balaban J connectivity index is 2.17. The fourth-order valence-electron chi connectivity index (χ4n) is 2.88. The Hall–Kier alpha value is -2.33. The standard InChI is InChI=1S/C16H25N5O4S/c1-10-8-11-4-2-6-13(14(11)20-9-10)26(24,25)21-12(15(22)23)5-3-7-19-16(17)18/h2,4,6,10,12,20-21H,3,5,7-9H2,1H3,(H,22,23)(H4,17,18,19)/t10?,12-/m0/s1. The van der Waals surface area contributed by atoms with E-state index >= 15 is 0 Å². The largest absolute Gasteiger partial charge is 0.480 e. The number of carboxylic acids is 1. The third kappa shape index (κ3) is 5.09. The van der Waals surface area contributed by atoms with Crippen LogP contribution in [0.5, 0.6) is 0 Å². The first kappa shape index (κ1) is 20.0. The van der Waals surface area contributed by atoms with Crippen molar-refractivity contribution >= 4 is 27.6 Å². The van der Waals surface area contributed by atoms with Gasteiger partial charge in [0.1, 0.15) is 10.9 Å². The van der Waals surface area contributed by atoms with Gasteiger partial charge in [-0.05, 0) is 36.8 Å². The predicted octanol–water partition coefficient (Wildman–Crippen LogP) is 0.0758. The smallest absolute Gasteiger partial charge is 0.321 e. The monoisotopic (exact) mass is 383 g/mol. The number of aliphatic carboxylic acids is 1. The average molecular weight is 383 g/mol. The van der Waals surface area contributed by atoms with Gasteiger partial charge in [0.05, 0.1) is 5.69 Å². The van der Waals surface area contributed by atoms with Crippen LogP contribution in [0.1, 0.15) is 25.3 Å². The van der Waals surface area contributed by atoms with Gasteiger partial charge in [0, 0.05) is 13.1 Å². The molecule has 9 nitrogen and oxygen atoms in total. The van der Waals surface area contributed by atoms with E-state index in [1.807, 2.05) is 6.07 Å². The van der Waals surface area contributed by atoms with Crippen LogP contribution in [-0.2, 0) is 21.2 Å². The van der Waals surface area contributed by atoms with Gasteiger partial charge < -0.3 is 21.9 Å². The minimum Gasteiger partial charge on any atom is -0.480 e. The molecular formula is C16H25N5O4S. The minimum absolute atomic E-state index is 0.0670. The maximum Gasteiger partial charge on any atom is 0.321 e. The van der Waals surface area contributed by atoms with E-state index < -0.39 is 22.0 Å². The zero-order valence-corrected chi connectivity index (χ0v) is 15.4. The summed E-state index contributed by atoms with van der Waals surface area (Å²) in [6.45, 7) is 2.97. The van der Waals surface area contributed by atoms with Crippen molar-refractivity contribution in [2.75, 3.05) is 18.4 Å². The highest BCUT2D eigenvalue weighted by molar-refractivity contribution is 7.89. The lowest BCUT2D eigenvalue weighted by molar-refractivity contribution is -0.139. The molecule has 144 valence electrons. The van der Waals surface area contributed by atoms with Gasteiger partial charge in [-0.2, -0.15) is 4.72 Å². The highest BCUT2D eigenvalue weighted by Crippen LogP contribution is 2.31. The maximum absolute atomic E-state index is 12.8. The Bertz CT molecular complexity index is 790. The highest BCUT2D eigenvalue weighted by Gasteiger charge is 2.29. The summed E-state index contributed by atoms with van der Waals surface area (Å²) in [5.41, 5.74) is 11.9. The lowest BCUT2D eigenvalue weighted by Crippen LogP contribution is -2.41. The van der Waals surface area contributed by atoms with Gasteiger partial charge in [-0.1, -0.05) is 19.1 Å². The van der Waals surface area contributed by atoms with Gasteiger partial charge in [0.15, 0.2) is 5.96 Å². The quantitative estimate of drug-likeness (QED) is 0.241. The van der Waals surface area contributed by atoms with E-state index in [0.29, 0.717) is 24.6 Å². The Morgan fingerprint density at radius 1 is 1.46 bits per heavy atom. The molecule has 1 aliphatic heterocycles. The summed E-state index contributed by atoms with van der Waals surface area (Å²) in [6, 6.07) is 3.76. The van der Waals surface area contributed by atoms with Crippen molar-refractivity contribution in [2.45, 2.75) is 37.1 Å². The molecule has 2 atom stereocenters. The summed E-state index contributed by atoms with van der Waals surface area (Å²) >= 11 is 0. The van der Waals surface area contributed by atoms with Gasteiger partial charge >= 0.3 is 5.97 Å². The Kier molecular flexibility index (Phi) is 6.43. The molecular weight excluding hydrogens is 358 g/mol. The first-order valence-corrected chi connectivity index (χ1v) is 9.85. The normalized spacial score (nSPS) is 17.7. The second-order valence-electron chi connectivity index (χ2n) is 6.44. The fraction of sp³-hybridized carbons (Fsp3) is 0.500. The molecule has 0 saturated heterocycles. The van der Waals surface area contributed by atoms with Crippen LogP contribution in [-0.4, -0.2) is 44.6 Å². The fourth-order valence-corrected chi connectivity index (χ4v) is 4.33. The van der Waals surface area contributed by atoms with E-state index in [4.69, 9.17) is 11.5 Å². The summed E-state index contributed by atoms with van der Waals surface area (Å²) in [6.07, 6.45) is 1.18. The molecule has 1 unspecified atom stereocenters. The average Bonchev–Trinajstić information content (AvgIpc) is 2.56. The number of fused-ring (bicyclic) bond motifs is 1. The molecule has 10 heteroatoms. The number of benzene rings is 1. The summed E-state index contributed by atoms with van der Waals surface area (Å²) in [4.78, 5) is 15.3. The molecule has 0 aliphatic carbocycles. The highest BCUT2D eigenvalue weighted by atomic mass is 32.2. The molecule has 7 N–H and O–H groups in total. The number of rotatable bonds is 8. The number of aliphatic imine (C=N–C) groups is 1. The zero-order valence-electron chi connectivity index (χ0n) is 14.6. The summed E-state index contributed by atoms with van der Waals surface area (Å²) in [7, 11) is -4.00. The number of nitrogens with two attached hydrogens (primary N) is 2. The number of nitrogens with one attached hydrogen (secondary N) is 2. The van der Waals surface area contributed by atoms with Crippen molar-refractivity contribution in [3.8, 4) is 0 Å². The number of carboxylic acid groups (broad SMARTS) is 1. The van der Waals surface area contributed by atoms with Crippen LogP contribution in [0.15, 0.2) is 28.1 Å². The molecule has 1 aromatic carbocycles. The molecule has 0 fully saturated rings. The molecule has 0 radical (unpaired) electrons. The number of nitrogens with zero attached hydrogens (tertiary/aromatic N) is 1. The van der Waals surface area contributed by atoms with E-state index in [1.165, 1.54) is 6.07 Å². The number of sulfonamides is 1. The van der Waals surface area contributed by atoms with Gasteiger partial charge in [-0.3, -0.25) is 9.79 Å². The van der Waals surface area contributed by atoms with E-state index in [2.05, 4.69) is 22.0 Å². The molecule has 0 spiro atoms. The van der Waals surface area contributed by atoms with Crippen LogP contribution in [0, 0.1) is 5.92 Å². The van der Waals surface area contributed by atoms with Crippen LogP contribution in [0.4, 0.5) is 5.69 Å². The van der Waals surface area contributed by atoms with Gasteiger partial charge in [0.2, 0.25) is 10.0 Å². The number of hydrogen-bond donors (Lipinski definition) is 5. The Labute approximate surface area is 152 Å². The van der Waals surface area contributed by atoms with Crippen LogP contribution in [0.2, 0.25) is 0 Å². The maximum atomic E-state index is 12.8. The second kappa shape index (κ2) is 8.37. The topological polar surface area (TPSA) is 160 Å². The summed E-state index contributed by atoms with van der Waals surface area (Å²) in [5, 5.41) is 12.5. The van der Waals surface area contributed by atoms with E-state index in [9.17, 15) is 18.3 Å². The van der Waals surface area contributed by atoms with Crippen molar-refractivity contribution in [3.63, 3.8) is 0 Å². The summed E-state index contributed by atoms with van der Waals surface area (Å²) in [5.74, 6) is -0.936. The van der Waals surface area contributed by atoms with E-state index in [-0.39, 0.29) is 23.8 Å². The third-order valence-corrected chi connectivity index (χ3v) is 5.65. The molecule has 0 aromatic heterocycles. The first-order chi connectivity index (χ1) is 12.2. The van der Waals surface area contributed by atoms with E-state index in [0.717, 1.165) is 12.0 Å². The molecule has 0 saturated carbocycles. The first-order valence-electron chi connectivity index (χ1n) is 8.37. The zero-order chi connectivity index (χ0) is 19.3. The van der Waals surface area contributed by atoms with Gasteiger partial charge in [-0.15, -0.1) is 0 Å². The van der Waals surface area contributed by atoms with Crippen molar-refractivity contribution in [2.24, 2.45) is 22.4 Å². The SMILES string of the molecule is CC1CNc2c(cccc2S(=O)(=O)N[C@@H](CCCN=C(N)N)C(=O)O)C1. The second-order valence-corrected chi connectivity index (χ2v) is 8.12. The van der Waals surface area contributed by atoms with E-state index in [1.54, 1.807) is 6.07 Å². The lowest BCUT2D eigenvalue weighted by atomic mass is 9.96. The molecule has 2 rings (SSSR count). The Morgan fingerprint density at radius 3 is 2.85 bits per heavy atom. The molecule has 26 heavy (non-hydrogen) atoms. The van der Waals surface area contributed by atoms with Crippen molar-refractivity contribution in [1.29, 1.82) is 0 Å². The van der Waals surface area contributed by atoms with Crippen molar-refractivity contribution in [1.82, 2.24) is 4.72 Å². The van der Waals surface area contributed by atoms with Gasteiger partial charge in [0.25, 0.3) is 0 Å². The van der Waals surface area contributed by atoms with Gasteiger partial charge in [-0.25, -0.2) is 8.42 Å². The molecule has 1 heterocycles. The van der Waals surface area contributed by atoms with Crippen LogP contribution >= 0.6 is 0 Å². The number of anilines is 1. The number of para-hydroxylation sites is 1. The Morgan fingerprint density at radius 2 is 2.19 bits per heavy atom. The number of guanidine groups is 1. The van der Waals surface area contributed by atoms with Crippen LogP contribution in [0.25, 0.3) is 0 Å². The predicted molar refractivity (Wildman–Crippen MR) is 99.5 cm³/mol. The third-order valence-electron chi connectivity index (χ3n) is 4.14.